The summed E-state index contributed by atoms with van der Waals surface area (Å²) in [5, 5.41) is 4.53. The highest BCUT2D eigenvalue weighted by Crippen LogP contribution is 2.36. The van der Waals surface area contributed by atoms with Crippen LogP contribution in [0.3, 0.4) is 0 Å². The van der Waals surface area contributed by atoms with Crippen LogP contribution in [0, 0.1) is 5.92 Å². The molecule has 3 rings (SSSR count). The van der Waals surface area contributed by atoms with Crippen molar-refractivity contribution < 1.29 is 4.79 Å². The zero-order valence-corrected chi connectivity index (χ0v) is 12.1. The number of hydrogen-bond donors (Lipinski definition) is 2. The highest BCUT2D eigenvalue weighted by Gasteiger charge is 2.30. The van der Waals surface area contributed by atoms with E-state index in [0.717, 1.165) is 10.1 Å². The van der Waals surface area contributed by atoms with Crippen molar-refractivity contribution in [3.05, 3.63) is 28.1 Å². The number of fused-ring (bicyclic) bond motifs is 1. The molecule has 1 atom stereocenters. The van der Waals surface area contributed by atoms with E-state index in [1.54, 1.807) is 0 Å². The number of anilines is 1. The molecule has 1 aliphatic carbocycles. The van der Waals surface area contributed by atoms with E-state index in [4.69, 9.17) is 17.3 Å². The fourth-order valence-corrected chi connectivity index (χ4v) is 3.42. The molecule has 2 aromatic rings. The quantitative estimate of drug-likeness (QED) is 0.907. The van der Waals surface area contributed by atoms with Crippen molar-refractivity contribution >= 4 is 44.6 Å². The minimum Gasteiger partial charge on any atom is -0.397 e. The van der Waals surface area contributed by atoms with Crippen LogP contribution in [0.4, 0.5) is 5.69 Å². The molecular formula is C14H15ClN2OS. The van der Waals surface area contributed by atoms with Crippen molar-refractivity contribution in [1.82, 2.24) is 5.32 Å². The van der Waals surface area contributed by atoms with Crippen molar-refractivity contribution in [2.24, 2.45) is 5.92 Å². The van der Waals surface area contributed by atoms with E-state index in [1.165, 1.54) is 24.2 Å². The number of nitrogen functional groups attached to an aromatic ring is 1. The number of carbonyl (C=O) groups is 1. The fourth-order valence-electron chi connectivity index (χ4n) is 2.24. The molecule has 0 saturated heterocycles. The molecule has 0 spiro atoms. The Labute approximate surface area is 120 Å². The minimum absolute atomic E-state index is 0.0748. The van der Waals surface area contributed by atoms with Gasteiger partial charge in [-0.2, -0.15) is 0 Å². The Morgan fingerprint density at radius 2 is 2.26 bits per heavy atom. The van der Waals surface area contributed by atoms with Crippen LogP contribution in [0.5, 0.6) is 0 Å². The number of carbonyl (C=O) groups excluding carboxylic acids is 1. The van der Waals surface area contributed by atoms with E-state index in [2.05, 4.69) is 12.2 Å². The van der Waals surface area contributed by atoms with Gasteiger partial charge in [0.25, 0.3) is 5.91 Å². The lowest BCUT2D eigenvalue weighted by Crippen LogP contribution is -2.33. The van der Waals surface area contributed by atoms with E-state index >= 15 is 0 Å². The van der Waals surface area contributed by atoms with Crippen molar-refractivity contribution in [2.75, 3.05) is 5.73 Å². The minimum atomic E-state index is -0.0748. The van der Waals surface area contributed by atoms with Gasteiger partial charge in [0.2, 0.25) is 0 Å². The summed E-state index contributed by atoms with van der Waals surface area (Å²) in [4.78, 5) is 12.8. The third-order valence-corrected chi connectivity index (χ3v) is 5.00. The topological polar surface area (TPSA) is 55.1 Å². The first-order valence-electron chi connectivity index (χ1n) is 6.34. The monoisotopic (exact) mass is 294 g/mol. The fraction of sp³-hybridized carbons (Fsp3) is 0.357. The molecule has 5 heteroatoms. The summed E-state index contributed by atoms with van der Waals surface area (Å²) in [5.74, 6) is 0.559. The Hall–Kier alpha value is -1.26. The van der Waals surface area contributed by atoms with Gasteiger partial charge in [-0.25, -0.2) is 0 Å². The van der Waals surface area contributed by atoms with E-state index in [9.17, 15) is 4.79 Å². The van der Waals surface area contributed by atoms with Gasteiger partial charge in [-0.1, -0.05) is 11.6 Å². The van der Waals surface area contributed by atoms with Crippen molar-refractivity contribution in [2.45, 2.75) is 25.8 Å². The average Bonchev–Trinajstić information content (AvgIpc) is 3.16. The van der Waals surface area contributed by atoms with Crippen LogP contribution in [-0.4, -0.2) is 11.9 Å². The van der Waals surface area contributed by atoms with E-state index in [0.29, 0.717) is 21.5 Å². The molecule has 0 bridgehead atoms. The van der Waals surface area contributed by atoms with Crippen molar-refractivity contribution in [1.29, 1.82) is 0 Å². The molecule has 1 aliphatic rings. The molecule has 3 nitrogen and oxygen atoms in total. The van der Waals surface area contributed by atoms with Gasteiger partial charge in [-0.3, -0.25) is 4.79 Å². The maximum absolute atomic E-state index is 12.2. The molecule has 0 radical (unpaired) electrons. The molecule has 1 heterocycles. The van der Waals surface area contributed by atoms with Crippen LogP contribution < -0.4 is 11.1 Å². The third-order valence-electron chi connectivity index (χ3n) is 3.58. The predicted octanol–water partition coefficient (Wildman–Crippen LogP) is 3.67. The second kappa shape index (κ2) is 4.69. The van der Waals surface area contributed by atoms with Gasteiger partial charge in [0.1, 0.15) is 4.88 Å². The molecule has 100 valence electrons. The van der Waals surface area contributed by atoms with Gasteiger partial charge >= 0.3 is 0 Å². The van der Waals surface area contributed by atoms with Gasteiger partial charge in [-0.05, 0) is 43.9 Å². The van der Waals surface area contributed by atoms with E-state index in [-0.39, 0.29) is 11.9 Å². The Kier molecular flexibility index (Phi) is 3.15. The zero-order chi connectivity index (χ0) is 13.6. The molecule has 1 saturated carbocycles. The molecule has 1 aromatic heterocycles. The molecule has 1 fully saturated rings. The lowest BCUT2D eigenvalue weighted by atomic mass is 10.2. The smallest absolute Gasteiger partial charge is 0.263 e. The van der Waals surface area contributed by atoms with Gasteiger partial charge in [-0.15, -0.1) is 11.3 Å². The second-order valence-corrected chi connectivity index (χ2v) is 6.57. The number of amides is 1. The summed E-state index contributed by atoms with van der Waals surface area (Å²) < 4.78 is 0.992. The van der Waals surface area contributed by atoms with Crippen molar-refractivity contribution in [3.8, 4) is 0 Å². The first kappa shape index (κ1) is 12.8. The van der Waals surface area contributed by atoms with Gasteiger partial charge in [0.15, 0.2) is 0 Å². The number of nitrogens with one attached hydrogen (secondary N) is 1. The molecular weight excluding hydrogens is 280 g/mol. The van der Waals surface area contributed by atoms with Crippen LogP contribution in [0.1, 0.15) is 29.4 Å². The van der Waals surface area contributed by atoms with E-state index in [1.807, 2.05) is 18.2 Å². The molecule has 19 heavy (non-hydrogen) atoms. The highest BCUT2D eigenvalue weighted by molar-refractivity contribution is 7.21. The number of hydrogen-bond acceptors (Lipinski definition) is 3. The molecule has 1 unspecified atom stereocenters. The summed E-state index contributed by atoms with van der Waals surface area (Å²) >= 11 is 7.38. The summed E-state index contributed by atoms with van der Waals surface area (Å²) in [6, 6.07) is 5.75. The maximum atomic E-state index is 12.2. The van der Waals surface area contributed by atoms with Crippen molar-refractivity contribution in [3.63, 3.8) is 0 Å². The van der Waals surface area contributed by atoms with Crippen LogP contribution in [0.25, 0.3) is 10.1 Å². The van der Waals surface area contributed by atoms with Gasteiger partial charge in [0.05, 0.1) is 5.69 Å². The standard InChI is InChI=1S/C14H15ClN2OS/c1-7(8-2-3-8)17-14(18)13-12(16)10-6-9(15)4-5-11(10)19-13/h4-8H,2-3,16H2,1H3,(H,17,18). The van der Waals surface area contributed by atoms with Gasteiger partial charge in [0, 0.05) is 21.2 Å². The molecule has 3 N–H and O–H groups in total. The summed E-state index contributed by atoms with van der Waals surface area (Å²) in [7, 11) is 0. The summed E-state index contributed by atoms with van der Waals surface area (Å²) in [5.41, 5.74) is 6.60. The number of halogens is 1. The highest BCUT2D eigenvalue weighted by atomic mass is 35.5. The number of benzene rings is 1. The largest absolute Gasteiger partial charge is 0.397 e. The predicted molar refractivity (Wildman–Crippen MR) is 80.9 cm³/mol. The number of rotatable bonds is 3. The van der Waals surface area contributed by atoms with Crippen LogP contribution in [-0.2, 0) is 0 Å². The van der Waals surface area contributed by atoms with E-state index < -0.39 is 0 Å². The Morgan fingerprint density at radius 3 is 2.95 bits per heavy atom. The molecule has 1 amide bonds. The number of thiophene rings is 1. The maximum Gasteiger partial charge on any atom is 0.263 e. The van der Waals surface area contributed by atoms with Crippen LogP contribution in [0.2, 0.25) is 5.02 Å². The Balaban J connectivity index is 1.91. The SMILES string of the molecule is CC(NC(=O)c1sc2ccc(Cl)cc2c1N)C1CC1. The zero-order valence-electron chi connectivity index (χ0n) is 10.6. The first-order chi connectivity index (χ1) is 9.06. The lowest BCUT2D eigenvalue weighted by Gasteiger charge is -2.11. The van der Waals surface area contributed by atoms with Gasteiger partial charge < -0.3 is 11.1 Å². The molecule has 1 aromatic carbocycles. The third kappa shape index (κ3) is 2.42. The van der Waals surface area contributed by atoms with Crippen LogP contribution >= 0.6 is 22.9 Å². The average molecular weight is 295 g/mol. The summed E-state index contributed by atoms with van der Waals surface area (Å²) in [6.07, 6.45) is 2.41. The van der Waals surface area contributed by atoms with Crippen LogP contribution in [0.15, 0.2) is 18.2 Å². The molecule has 0 aliphatic heterocycles. The lowest BCUT2D eigenvalue weighted by molar-refractivity contribution is 0.0941. The first-order valence-corrected chi connectivity index (χ1v) is 7.54. The Morgan fingerprint density at radius 1 is 1.53 bits per heavy atom. The summed E-state index contributed by atoms with van der Waals surface area (Å²) in [6.45, 7) is 2.05. The second-order valence-electron chi connectivity index (χ2n) is 5.08. The normalized spacial score (nSPS) is 16.5. The Bertz CT molecular complexity index is 648. The number of nitrogens with two attached hydrogens (primary N) is 1.